The first-order valence-corrected chi connectivity index (χ1v) is 7.84. The first kappa shape index (κ1) is 20.1. The second kappa shape index (κ2) is 8.01. The summed E-state index contributed by atoms with van der Waals surface area (Å²) in [6.07, 6.45) is -3.64. The van der Waals surface area contributed by atoms with Gasteiger partial charge in [-0.05, 0) is 42.8 Å². The molecule has 1 amide bonds. The van der Waals surface area contributed by atoms with Gasteiger partial charge in [-0.3, -0.25) is 4.79 Å². The molecule has 0 bridgehead atoms. The molecule has 0 aliphatic rings. The molecule has 0 aliphatic carbocycles. The number of nitrogens with one attached hydrogen (secondary N) is 2. The van der Waals surface area contributed by atoms with Crippen LogP contribution in [-0.2, 0) is 11.0 Å². The van der Waals surface area contributed by atoms with Crippen LogP contribution in [0.2, 0.25) is 5.02 Å². The molecule has 0 aliphatic heterocycles. The molecule has 0 saturated heterocycles. The number of halogens is 4. The Morgan fingerprint density at radius 2 is 1.96 bits per heavy atom. The first-order valence-electron chi connectivity index (χ1n) is 7.46. The lowest BCUT2D eigenvalue weighted by atomic mass is 10.2. The van der Waals surface area contributed by atoms with Gasteiger partial charge in [0.15, 0.2) is 0 Å². The van der Waals surface area contributed by atoms with Gasteiger partial charge in [0.05, 0.1) is 16.3 Å². The third kappa shape index (κ3) is 5.15. The van der Waals surface area contributed by atoms with Crippen molar-refractivity contribution in [3.8, 4) is 11.8 Å². The van der Waals surface area contributed by atoms with Crippen LogP contribution >= 0.6 is 11.6 Å². The van der Waals surface area contributed by atoms with E-state index < -0.39 is 28.2 Å². The number of amides is 1. The maximum absolute atomic E-state index is 12.9. The van der Waals surface area contributed by atoms with Crippen molar-refractivity contribution >= 4 is 28.9 Å². The highest BCUT2D eigenvalue weighted by Crippen LogP contribution is 2.36. The molecule has 5 nitrogen and oxygen atoms in total. The normalized spacial score (nSPS) is 11.6. The number of hydrogen-bond donors (Lipinski definition) is 3. The summed E-state index contributed by atoms with van der Waals surface area (Å²) >= 11 is 5.52. The van der Waals surface area contributed by atoms with Crippen molar-refractivity contribution in [2.45, 2.75) is 13.1 Å². The maximum atomic E-state index is 12.9. The highest BCUT2D eigenvalue weighted by atomic mass is 35.5. The van der Waals surface area contributed by atoms with Gasteiger partial charge in [-0.2, -0.15) is 18.4 Å². The first-order chi connectivity index (χ1) is 12.6. The Hall–Kier alpha value is -3.18. The van der Waals surface area contributed by atoms with E-state index in [1.54, 1.807) is 25.1 Å². The molecule has 140 valence electrons. The zero-order valence-electron chi connectivity index (χ0n) is 13.9. The van der Waals surface area contributed by atoms with Crippen molar-refractivity contribution in [3.05, 3.63) is 64.3 Å². The van der Waals surface area contributed by atoms with E-state index >= 15 is 0 Å². The van der Waals surface area contributed by atoms with Crippen LogP contribution in [-0.4, -0.2) is 11.0 Å². The quantitative estimate of drug-likeness (QED) is 0.393. The van der Waals surface area contributed by atoms with Gasteiger partial charge in [0, 0.05) is 11.9 Å². The predicted molar refractivity (Wildman–Crippen MR) is 95.2 cm³/mol. The Morgan fingerprint density at radius 1 is 1.26 bits per heavy atom. The minimum Gasteiger partial charge on any atom is -0.506 e. The summed E-state index contributed by atoms with van der Waals surface area (Å²) in [5, 5.41) is 23.2. The molecule has 9 heteroatoms. The number of phenolic OH excluding ortho intramolecular Hbond substituents is 1. The van der Waals surface area contributed by atoms with Crippen molar-refractivity contribution in [3.63, 3.8) is 0 Å². The number of nitrogens with zero attached hydrogens (tertiary/aromatic N) is 1. The van der Waals surface area contributed by atoms with E-state index in [9.17, 15) is 23.1 Å². The fourth-order valence-corrected chi connectivity index (χ4v) is 2.31. The van der Waals surface area contributed by atoms with Crippen LogP contribution in [0.15, 0.2) is 48.2 Å². The molecule has 0 heterocycles. The average Bonchev–Trinajstić information content (AvgIpc) is 2.59. The van der Waals surface area contributed by atoms with Gasteiger partial charge in [0.25, 0.3) is 5.91 Å². The van der Waals surface area contributed by atoms with Crippen LogP contribution < -0.4 is 10.6 Å². The summed E-state index contributed by atoms with van der Waals surface area (Å²) in [7, 11) is 0. The van der Waals surface area contributed by atoms with E-state index in [-0.39, 0.29) is 17.1 Å². The molecule has 27 heavy (non-hydrogen) atoms. The molecule has 0 aromatic heterocycles. The van der Waals surface area contributed by atoms with Gasteiger partial charge >= 0.3 is 6.18 Å². The highest BCUT2D eigenvalue weighted by Gasteiger charge is 2.33. The molecule has 0 spiro atoms. The summed E-state index contributed by atoms with van der Waals surface area (Å²) in [5.74, 6) is -1.02. The molecule has 0 fully saturated rings. The van der Waals surface area contributed by atoms with E-state index in [2.05, 4.69) is 10.6 Å². The SMILES string of the molecule is Cc1ccc(O)c(N/C=C(/C#N)C(=O)Nc2ccc(Cl)c(C(F)(F)F)c2)c1. The molecule has 2 rings (SSSR count). The molecule has 0 radical (unpaired) electrons. The predicted octanol–water partition coefficient (Wildman–Crippen LogP) is 4.83. The average molecular weight is 396 g/mol. The fourth-order valence-electron chi connectivity index (χ4n) is 2.08. The molecule has 0 atom stereocenters. The zero-order valence-corrected chi connectivity index (χ0v) is 14.6. The number of rotatable bonds is 4. The Balaban J connectivity index is 2.20. The summed E-state index contributed by atoms with van der Waals surface area (Å²) in [5.41, 5.74) is -0.586. The van der Waals surface area contributed by atoms with Crippen LogP contribution in [0.3, 0.4) is 0 Å². The number of alkyl halides is 3. The van der Waals surface area contributed by atoms with Crippen molar-refractivity contribution in [1.29, 1.82) is 5.26 Å². The summed E-state index contributed by atoms with van der Waals surface area (Å²) in [6.45, 7) is 1.78. The van der Waals surface area contributed by atoms with Crippen molar-refractivity contribution < 1.29 is 23.1 Å². The number of anilines is 2. The minimum absolute atomic E-state index is 0.0953. The fraction of sp³-hybridized carbons (Fsp3) is 0.111. The Labute approximate surface area is 157 Å². The third-order valence-corrected chi connectivity index (χ3v) is 3.75. The second-order valence-corrected chi connectivity index (χ2v) is 5.89. The van der Waals surface area contributed by atoms with E-state index in [1.165, 1.54) is 12.1 Å². The highest BCUT2D eigenvalue weighted by molar-refractivity contribution is 6.31. The number of nitriles is 1. The van der Waals surface area contributed by atoms with Crippen LogP contribution in [0.5, 0.6) is 5.75 Å². The van der Waals surface area contributed by atoms with Gasteiger partial charge < -0.3 is 15.7 Å². The minimum atomic E-state index is -4.68. The van der Waals surface area contributed by atoms with Crippen molar-refractivity contribution in [2.75, 3.05) is 10.6 Å². The number of carbonyl (C=O) groups is 1. The van der Waals surface area contributed by atoms with Crippen LogP contribution in [0.25, 0.3) is 0 Å². The molecular formula is C18H13ClF3N3O2. The lowest BCUT2D eigenvalue weighted by molar-refractivity contribution is -0.137. The van der Waals surface area contributed by atoms with Gasteiger partial charge in [0.1, 0.15) is 17.4 Å². The Kier molecular flexibility index (Phi) is 5.98. The topological polar surface area (TPSA) is 85.2 Å². The monoisotopic (exact) mass is 395 g/mol. The van der Waals surface area contributed by atoms with E-state index in [0.717, 1.165) is 17.8 Å². The van der Waals surface area contributed by atoms with Crippen LogP contribution in [0.1, 0.15) is 11.1 Å². The molecule has 2 aromatic rings. The molecule has 0 unspecified atom stereocenters. The molecule has 3 N–H and O–H groups in total. The van der Waals surface area contributed by atoms with E-state index in [1.807, 2.05) is 0 Å². The number of aromatic hydroxyl groups is 1. The zero-order chi connectivity index (χ0) is 20.2. The van der Waals surface area contributed by atoms with E-state index in [4.69, 9.17) is 16.9 Å². The second-order valence-electron chi connectivity index (χ2n) is 5.48. The number of carbonyl (C=O) groups excluding carboxylic acids is 1. The summed E-state index contributed by atoms with van der Waals surface area (Å²) < 4.78 is 38.6. The number of benzene rings is 2. The molecular weight excluding hydrogens is 383 g/mol. The van der Waals surface area contributed by atoms with Crippen LogP contribution in [0.4, 0.5) is 24.5 Å². The van der Waals surface area contributed by atoms with E-state index in [0.29, 0.717) is 6.07 Å². The molecule has 0 saturated carbocycles. The third-order valence-electron chi connectivity index (χ3n) is 3.42. The Bertz CT molecular complexity index is 950. The maximum Gasteiger partial charge on any atom is 0.417 e. The van der Waals surface area contributed by atoms with Gasteiger partial charge in [-0.1, -0.05) is 17.7 Å². The Morgan fingerprint density at radius 3 is 2.59 bits per heavy atom. The number of hydrogen-bond acceptors (Lipinski definition) is 4. The summed E-state index contributed by atoms with van der Waals surface area (Å²) in [4.78, 5) is 12.1. The number of phenols is 1. The van der Waals surface area contributed by atoms with Crippen molar-refractivity contribution in [2.24, 2.45) is 0 Å². The smallest absolute Gasteiger partial charge is 0.417 e. The molecule has 2 aromatic carbocycles. The van der Waals surface area contributed by atoms with Gasteiger partial charge in [0.2, 0.25) is 0 Å². The van der Waals surface area contributed by atoms with Gasteiger partial charge in [-0.25, -0.2) is 0 Å². The summed E-state index contributed by atoms with van der Waals surface area (Å²) in [6, 6.07) is 9.19. The number of aryl methyl sites for hydroxylation is 1. The van der Waals surface area contributed by atoms with Crippen LogP contribution in [0, 0.1) is 18.3 Å². The lowest BCUT2D eigenvalue weighted by Crippen LogP contribution is -2.15. The largest absolute Gasteiger partial charge is 0.506 e. The lowest BCUT2D eigenvalue weighted by Gasteiger charge is -2.11. The standard InChI is InChI=1S/C18H13ClF3N3O2/c1-10-2-5-16(26)15(6-10)24-9-11(8-23)17(27)25-12-3-4-14(19)13(7-12)18(20,21)22/h2-7,9,24,26H,1H3,(H,25,27)/b11-9-. The van der Waals surface area contributed by atoms with Crippen molar-refractivity contribution in [1.82, 2.24) is 0 Å². The van der Waals surface area contributed by atoms with Gasteiger partial charge in [-0.15, -0.1) is 0 Å².